The maximum Gasteiger partial charge on any atom is 0.267 e. The minimum Gasteiger partial charge on any atom is -0.340 e. The van der Waals surface area contributed by atoms with Gasteiger partial charge in [-0.1, -0.05) is 17.7 Å². The quantitative estimate of drug-likeness (QED) is 0.343. The summed E-state index contributed by atoms with van der Waals surface area (Å²) >= 11 is 1.39. The molecule has 0 saturated carbocycles. The topological polar surface area (TPSA) is 91.8 Å². The molecule has 2 aromatic heterocycles. The molecule has 8 heteroatoms. The van der Waals surface area contributed by atoms with Crippen LogP contribution < -0.4 is 16.0 Å². The molecule has 0 bridgehead atoms. The van der Waals surface area contributed by atoms with E-state index in [1.807, 2.05) is 82.3 Å². The fraction of sp³-hybridized carbons (Fsp3) is 0.167. The lowest BCUT2D eigenvalue weighted by Crippen LogP contribution is -2.11. The zero-order valence-corrected chi connectivity index (χ0v) is 19.2. The fourth-order valence-corrected chi connectivity index (χ4v) is 3.98. The van der Waals surface area contributed by atoms with Gasteiger partial charge in [0.25, 0.3) is 5.91 Å². The molecule has 0 spiro atoms. The number of rotatable bonds is 6. The number of amides is 1. The molecule has 0 radical (unpaired) electrons. The molecule has 3 N–H and O–H groups in total. The molecular weight excluding hydrogens is 420 g/mol. The van der Waals surface area contributed by atoms with Gasteiger partial charge in [0.2, 0.25) is 5.95 Å². The number of carbonyl (C=O) groups excluding carboxylic acids is 1. The molecule has 0 aliphatic carbocycles. The van der Waals surface area contributed by atoms with E-state index in [0.29, 0.717) is 22.3 Å². The molecule has 2 aromatic carbocycles. The molecule has 2 heterocycles. The van der Waals surface area contributed by atoms with Gasteiger partial charge in [-0.15, -0.1) is 11.3 Å². The van der Waals surface area contributed by atoms with Crippen molar-refractivity contribution in [2.45, 2.75) is 27.7 Å². The van der Waals surface area contributed by atoms with Crippen LogP contribution in [0, 0.1) is 27.7 Å². The number of thiazole rings is 1. The molecule has 4 aromatic rings. The molecule has 1 amide bonds. The molecule has 4 rings (SSSR count). The van der Waals surface area contributed by atoms with Crippen LogP contribution in [0.3, 0.4) is 0 Å². The van der Waals surface area contributed by atoms with Gasteiger partial charge in [0, 0.05) is 28.8 Å². The number of nitrogens with one attached hydrogen (secondary N) is 3. The van der Waals surface area contributed by atoms with E-state index < -0.39 is 0 Å². The third-order valence-electron chi connectivity index (χ3n) is 4.69. The maximum absolute atomic E-state index is 12.5. The summed E-state index contributed by atoms with van der Waals surface area (Å²) in [5.74, 6) is 1.06. The summed E-state index contributed by atoms with van der Waals surface area (Å²) in [6.45, 7) is 7.71. The van der Waals surface area contributed by atoms with Crippen molar-refractivity contribution < 1.29 is 4.79 Å². The van der Waals surface area contributed by atoms with E-state index in [4.69, 9.17) is 0 Å². The van der Waals surface area contributed by atoms with Gasteiger partial charge in [-0.05, 0) is 64.1 Å². The van der Waals surface area contributed by atoms with Gasteiger partial charge in [0.15, 0.2) is 0 Å². The molecule has 0 fully saturated rings. The highest BCUT2D eigenvalue weighted by atomic mass is 32.1. The van der Waals surface area contributed by atoms with Crippen molar-refractivity contribution in [3.8, 4) is 0 Å². The smallest absolute Gasteiger partial charge is 0.267 e. The summed E-state index contributed by atoms with van der Waals surface area (Å²) in [5.41, 5.74) is 5.28. The Morgan fingerprint density at radius 2 is 1.41 bits per heavy atom. The Bertz CT molecular complexity index is 1250. The summed E-state index contributed by atoms with van der Waals surface area (Å²) < 4.78 is 0. The van der Waals surface area contributed by atoms with E-state index >= 15 is 0 Å². The second kappa shape index (κ2) is 9.15. The van der Waals surface area contributed by atoms with Crippen molar-refractivity contribution in [2.75, 3.05) is 16.0 Å². The highest BCUT2D eigenvalue weighted by Crippen LogP contribution is 2.23. The summed E-state index contributed by atoms with van der Waals surface area (Å²) in [6, 6.07) is 17.4. The van der Waals surface area contributed by atoms with Crippen LogP contribution in [-0.2, 0) is 0 Å². The van der Waals surface area contributed by atoms with Crippen molar-refractivity contribution in [1.29, 1.82) is 0 Å². The Morgan fingerprint density at radius 3 is 2.06 bits per heavy atom. The SMILES string of the molecule is Cc1ccc(Nc2nc(C)cc(Nc3ccc(NC(=O)c4sc(C)nc4C)cc3)n2)cc1. The van der Waals surface area contributed by atoms with Gasteiger partial charge in [-0.25, -0.2) is 9.97 Å². The zero-order chi connectivity index (χ0) is 22.7. The van der Waals surface area contributed by atoms with Crippen molar-refractivity contribution in [3.05, 3.63) is 81.4 Å². The summed E-state index contributed by atoms with van der Waals surface area (Å²) in [6.07, 6.45) is 0. The molecule has 0 unspecified atom stereocenters. The van der Waals surface area contributed by atoms with Crippen molar-refractivity contribution in [1.82, 2.24) is 15.0 Å². The van der Waals surface area contributed by atoms with Crippen LogP contribution in [0.15, 0.2) is 54.6 Å². The van der Waals surface area contributed by atoms with E-state index in [1.54, 1.807) is 0 Å². The van der Waals surface area contributed by atoms with E-state index in [0.717, 1.165) is 27.8 Å². The molecule has 0 saturated heterocycles. The monoisotopic (exact) mass is 444 g/mol. The third-order valence-corrected chi connectivity index (χ3v) is 5.76. The normalized spacial score (nSPS) is 10.6. The van der Waals surface area contributed by atoms with Crippen LogP contribution >= 0.6 is 11.3 Å². The van der Waals surface area contributed by atoms with Gasteiger partial charge in [-0.3, -0.25) is 4.79 Å². The van der Waals surface area contributed by atoms with E-state index in [1.165, 1.54) is 16.9 Å². The number of nitrogens with zero attached hydrogens (tertiary/aromatic N) is 3. The minimum atomic E-state index is -0.146. The Hall–Kier alpha value is -3.78. The molecule has 0 atom stereocenters. The number of aromatic nitrogens is 3. The average molecular weight is 445 g/mol. The molecule has 162 valence electrons. The van der Waals surface area contributed by atoms with Gasteiger partial charge >= 0.3 is 0 Å². The second-order valence-corrected chi connectivity index (χ2v) is 8.72. The summed E-state index contributed by atoms with van der Waals surface area (Å²) in [5, 5.41) is 10.3. The number of benzene rings is 2. The zero-order valence-electron chi connectivity index (χ0n) is 18.4. The van der Waals surface area contributed by atoms with Gasteiger partial charge in [-0.2, -0.15) is 4.98 Å². The first kappa shape index (κ1) is 21.5. The van der Waals surface area contributed by atoms with Crippen LogP contribution in [0.25, 0.3) is 0 Å². The largest absolute Gasteiger partial charge is 0.340 e. The number of aryl methyl sites for hydroxylation is 4. The van der Waals surface area contributed by atoms with Gasteiger partial charge in [0.1, 0.15) is 10.7 Å². The Morgan fingerprint density at radius 1 is 0.781 bits per heavy atom. The highest BCUT2D eigenvalue weighted by molar-refractivity contribution is 7.13. The van der Waals surface area contributed by atoms with Gasteiger partial charge < -0.3 is 16.0 Å². The highest BCUT2D eigenvalue weighted by Gasteiger charge is 2.14. The lowest BCUT2D eigenvalue weighted by atomic mass is 10.2. The first-order valence-electron chi connectivity index (χ1n) is 10.2. The number of hydrogen-bond acceptors (Lipinski definition) is 7. The van der Waals surface area contributed by atoms with Crippen molar-refractivity contribution in [3.63, 3.8) is 0 Å². The molecule has 0 aliphatic rings. The minimum absolute atomic E-state index is 0.146. The number of carbonyl (C=O) groups is 1. The average Bonchev–Trinajstić information content (AvgIpc) is 3.09. The predicted octanol–water partition coefficient (Wildman–Crippen LogP) is 5.91. The second-order valence-electron chi connectivity index (χ2n) is 7.51. The molecule has 7 nitrogen and oxygen atoms in total. The van der Waals surface area contributed by atoms with Crippen LogP contribution in [0.1, 0.15) is 31.6 Å². The molecule has 32 heavy (non-hydrogen) atoms. The lowest BCUT2D eigenvalue weighted by Gasteiger charge is -2.11. The Kier molecular flexibility index (Phi) is 6.13. The van der Waals surface area contributed by atoms with Crippen LogP contribution in [0.4, 0.5) is 28.8 Å². The van der Waals surface area contributed by atoms with E-state index in [2.05, 4.69) is 30.9 Å². The van der Waals surface area contributed by atoms with E-state index in [-0.39, 0.29) is 5.91 Å². The lowest BCUT2D eigenvalue weighted by molar-refractivity contribution is 0.103. The van der Waals surface area contributed by atoms with Crippen LogP contribution in [0.2, 0.25) is 0 Å². The maximum atomic E-state index is 12.5. The molecule has 0 aliphatic heterocycles. The van der Waals surface area contributed by atoms with Crippen molar-refractivity contribution in [2.24, 2.45) is 0 Å². The van der Waals surface area contributed by atoms with Crippen LogP contribution in [0.5, 0.6) is 0 Å². The number of hydrogen-bond donors (Lipinski definition) is 3. The first-order valence-corrected chi connectivity index (χ1v) is 11.0. The van der Waals surface area contributed by atoms with Crippen LogP contribution in [-0.4, -0.2) is 20.9 Å². The summed E-state index contributed by atoms with van der Waals surface area (Å²) in [4.78, 5) is 26.5. The standard InChI is InChI=1S/C24H24N6OS/c1-14-5-7-20(8-6-14)29-24-25-15(2)13-21(30-24)27-18-9-11-19(12-10-18)28-23(31)22-16(3)26-17(4)32-22/h5-13H,1-4H3,(H,28,31)(H2,25,27,29,30). The fourth-order valence-electron chi connectivity index (χ4n) is 3.17. The molecular formula is C24H24N6OS. The van der Waals surface area contributed by atoms with Gasteiger partial charge in [0.05, 0.1) is 10.7 Å². The predicted molar refractivity (Wildman–Crippen MR) is 130 cm³/mol. The first-order chi connectivity index (χ1) is 15.4. The Labute approximate surface area is 191 Å². The third kappa shape index (κ3) is 5.28. The summed E-state index contributed by atoms with van der Waals surface area (Å²) in [7, 11) is 0. The van der Waals surface area contributed by atoms with E-state index in [9.17, 15) is 4.79 Å². The number of anilines is 5. The van der Waals surface area contributed by atoms with Crippen molar-refractivity contribution >= 4 is 46.1 Å². The Balaban J connectivity index is 1.44.